The molecular formula is C15H14N2OS2. The Morgan fingerprint density at radius 3 is 3.00 bits per heavy atom. The van der Waals surface area contributed by atoms with Crippen molar-refractivity contribution in [3.63, 3.8) is 0 Å². The van der Waals surface area contributed by atoms with Crippen LogP contribution in [0.3, 0.4) is 0 Å². The Kier molecular flexibility index (Phi) is 3.54. The third-order valence-corrected chi connectivity index (χ3v) is 4.57. The fourth-order valence-corrected chi connectivity index (χ4v) is 3.53. The van der Waals surface area contributed by atoms with Crippen LogP contribution in [0.4, 0.5) is 5.69 Å². The van der Waals surface area contributed by atoms with Crippen molar-refractivity contribution >= 4 is 47.1 Å². The maximum atomic E-state index is 10.3. The minimum atomic E-state index is 0.257. The van der Waals surface area contributed by atoms with Gasteiger partial charge in [-0.2, -0.15) is 0 Å². The number of hydrogen-bond acceptors (Lipinski definition) is 4. The molecule has 1 N–H and O–H groups in total. The number of para-hydroxylation sites is 1. The van der Waals surface area contributed by atoms with E-state index in [0.29, 0.717) is 3.95 Å². The fourth-order valence-electron chi connectivity index (χ4n) is 2.22. The zero-order valence-corrected chi connectivity index (χ0v) is 12.7. The molecular weight excluding hydrogens is 288 g/mol. The molecule has 2 aromatic rings. The van der Waals surface area contributed by atoms with E-state index in [-0.39, 0.29) is 5.88 Å². The molecule has 2 heterocycles. The lowest BCUT2D eigenvalue weighted by Crippen LogP contribution is -1.94. The molecule has 0 radical (unpaired) electrons. The molecule has 0 unspecified atom stereocenters. The van der Waals surface area contributed by atoms with Crippen molar-refractivity contribution in [3.8, 4) is 5.88 Å². The highest BCUT2D eigenvalue weighted by molar-refractivity contribution is 7.73. The Hall–Kier alpha value is -1.72. The van der Waals surface area contributed by atoms with Crippen LogP contribution < -0.4 is 0 Å². The summed E-state index contributed by atoms with van der Waals surface area (Å²) in [5, 5.41) is 10.3. The first-order chi connectivity index (χ1) is 9.70. The zero-order chi connectivity index (χ0) is 14.1. The van der Waals surface area contributed by atoms with Gasteiger partial charge in [0.05, 0.1) is 10.6 Å². The van der Waals surface area contributed by atoms with Gasteiger partial charge < -0.3 is 5.11 Å². The number of aliphatic imine (C=N–C) groups is 1. The van der Waals surface area contributed by atoms with E-state index in [1.165, 1.54) is 11.3 Å². The molecule has 0 saturated heterocycles. The molecule has 1 aromatic carbocycles. The Morgan fingerprint density at radius 2 is 2.20 bits per heavy atom. The second kappa shape index (κ2) is 5.34. The second-order valence-electron chi connectivity index (χ2n) is 4.58. The largest absolute Gasteiger partial charge is 0.493 e. The molecule has 5 heteroatoms. The van der Waals surface area contributed by atoms with Crippen molar-refractivity contribution < 1.29 is 5.11 Å². The Bertz CT molecular complexity index is 768. The van der Waals surface area contributed by atoms with Crippen LogP contribution in [0.15, 0.2) is 29.3 Å². The second-order valence-corrected chi connectivity index (χ2v) is 6.26. The number of rotatable bonds is 3. The van der Waals surface area contributed by atoms with Crippen LogP contribution in [0, 0.1) is 3.95 Å². The van der Waals surface area contributed by atoms with Gasteiger partial charge in [0.25, 0.3) is 0 Å². The summed E-state index contributed by atoms with van der Waals surface area (Å²) in [5.41, 5.74) is 3.07. The maximum absolute atomic E-state index is 10.3. The van der Waals surface area contributed by atoms with E-state index in [0.717, 1.165) is 34.7 Å². The van der Waals surface area contributed by atoms with Gasteiger partial charge in [-0.25, -0.2) is 0 Å². The van der Waals surface area contributed by atoms with Gasteiger partial charge >= 0.3 is 0 Å². The van der Waals surface area contributed by atoms with Crippen molar-refractivity contribution in [3.05, 3.63) is 38.7 Å². The van der Waals surface area contributed by atoms with Gasteiger partial charge in [0.1, 0.15) is 0 Å². The van der Waals surface area contributed by atoms with Gasteiger partial charge in [-0.15, -0.1) is 11.3 Å². The van der Waals surface area contributed by atoms with Gasteiger partial charge in [0.2, 0.25) is 5.88 Å². The lowest BCUT2D eigenvalue weighted by atomic mass is 10.1. The predicted molar refractivity (Wildman–Crippen MR) is 87.6 cm³/mol. The molecule has 0 amide bonds. The molecule has 0 fully saturated rings. The lowest BCUT2D eigenvalue weighted by molar-refractivity contribution is 0.413. The van der Waals surface area contributed by atoms with Crippen molar-refractivity contribution in [2.75, 3.05) is 0 Å². The quantitative estimate of drug-likeness (QED) is 0.838. The van der Waals surface area contributed by atoms with Crippen LogP contribution in [0.5, 0.6) is 5.88 Å². The standard InChI is InChI=1S/C15H14N2OS2/c1-2-7-17-14(18)13(20-15(17)19)8-10-9-16-12-6-4-3-5-11(10)12/h3-6,8-9,18H,2,7H2,1H3/b10-8+. The minimum absolute atomic E-state index is 0.257. The van der Waals surface area contributed by atoms with E-state index in [1.54, 1.807) is 4.57 Å². The highest BCUT2D eigenvalue weighted by atomic mass is 32.1. The van der Waals surface area contributed by atoms with Crippen LogP contribution in [0.2, 0.25) is 0 Å². The number of nitrogens with zero attached hydrogens (tertiary/aromatic N) is 2. The first-order valence-electron chi connectivity index (χ1n) is 6.48. The molecule has 0 bridgehead atoms. The van der Waals surface area contributed by atoms with Crippen LogP contribution >= 0.6 is 23.6 Å². The Morgan fingerprint density at radius 1 is 1.40 bits per heavy atom. The first kappa shape index (κ1) is 13.3. The zero-order valence-electron chi connectivity index (χ0n) is 11.0. The minimum Gasteiger partial charge on any atom is -0.493 e. The molecule has 102 valence electrons. The number of thiazole rings is 1. The number of fused-ring (bicyclic) bond motifs is 1. The van der Waals surface area contributed by atoms with Crippen LogP contribution in [-0.4, -0.2) is 15.9 Å². The van der Waals surface area contributed by atoms with Crippen LogP contribution in [0.1, 0.15) is 23.8 Å². The monoisotopic (exact) mass is 302 g/mol. The molecule has 1 aliphatic rings. The van der Waals surface area contributed by atoms with Crippen molar-refractivity contribution in [2.45, 2.75) is 19.9 Å². The highest BCUT2D eigenvalue weighted by Crippen LogP contribution is 2.35. The third-order valence-electron chi connectivity index (χ3n) is 3.19. The van der Waals surface area contributed by atoms with Gasteiger partial charge in [-0.1, -0.05) is 25.1 Å². The van der Waals surface area contributed by atoms with Crippen molar-refractivity contribution in [1.82, 2.24) is 4.57 Å². The maximum Gasteiger partial charge on any atom is 0.210 e. The summed E-state index contributed by atoms with van der Waals surface area (Å²) < 4.78 is 2.49. The van der Waals surface area contributed by atoms with E-state index >= 15 is 0 Å². The molecule has 3 rings (SSSR count). The van der Waals surface area contributed by atoms with Gasteiger partial charge in [-0.05, 0) is 30.8 Å². The smallest absolute Gasteiger partial charge is 0.210 e. The number of benzene rings is 1. The first-order valence-corrected chi connectivity index (χ1v) is 7.71. The highest BCUT2D eigenvalue weighted by Gasteiger charge is 2.14. The topological polar surface area (TPSA) is 37.5 Å². The summed E-state index contributed by atoms with van der Waals surface area (Å²) in [5.74, 6) is 0.257. The summed E-state index contributed by atoms with van der Waals surface area (Å²) in [6, 6.07) is 7.98. The van der Waals surface area contributed by atoms with E-state index in [1.807, 2.05) is 36.6 Å². The number of aromatic nitrogens is 1. The van der Waals surface area contributed by atoms with Crippen LogP contribution in [0.25, 0.3) is 11.6 Å². The Balaban J connectivity index is 2.05. The normalized spacial score (nSPS) is 14.9. The van der Waals surface area contributed by atoms with Gasteiger partial charge in [-0.3, -0.25) is 9.56 Å². The molecule has 0 spiro atoms. The van der Waals surface area contributed by atoms with Crippen molar-refractivity contribution in [2.24, 2.45) is 4.99 Å². The molecule has 1 aromatic heterocycles. The summed E-state index contributed by atoms with van der Waals surface area (Å²) in [4.78, 5) is 5.16. The molecule has 20 heavy (non-hydrogen) atoms. The molecule has 1 aliphatic heterocycles. The summed E-state index contributed by atoms with van der Waals surface area (Å²) in [6.45, 7) is 2.81. The van der Waals surface area contributed by atoms with E-state index in [9.17, 15) is 5.11 Å². The number of allylic oxidation sites excluding steroid dienone is 1. The van der Waals surface area contributed by atoms with E-state index in [2.05, 4.69) is 11.9 Å². The molecule has 0 saturated carbocycles. The van der Waals surface area contributed by atoms with Crippen LogP contribution in [-0.2, 0) is 6.54 Å². The van der Waals surface area contributed by atoms with E-state index < -0.39 is 0 Å². The van der Waals surface area contributed by atoms with E-state index in [4.69, 9.17) is 12.2 Å². The summed E-state index contributed by atoms with van der Waals surface area (Å²) >= 11 is 6.74. The summed E-state index contributed by atoms with van der Waals surface area (Å²) in [6.07, 6.45) is 4.73. The molecule has 0 atom stereocenters. The van der Waals surface area contributed by atoms with Gasteiger partial charge in [0, 0.05) is 23.9 Å². The summed E-state index contributed by atoms with van der Waals surface area (Å²) in [7, 11) is 0. The SMILES string of the molecule is CCCn1c(O)c(/C=C2\C=Nc3ccccc32)sc1=S. The Labute approximate surface area is 126 Å². The average Bonchev–Trinajstić information content (AvgIpc) is 2.97. The average molecular weight is 302 g/mol. The fraction of sp³-hybridized carbons (Fsp3) is 0.200. The lowest BCUT2D eigenvalue weighted by Gasteiger charge is -2.02. The number of aromatic hydroxyl groups is 1. The molecule has 3 nitrogen and oxygen atoms in total. The predicted octanol–water partition coefficient (Wildman–Crippen LogP) is 4.65. The number of hydrogen-bond donors (Lipinski definition) is 1. The van der Waals surface area contributed by atoms with Crippen molar-refractivity contribution in [1.29, 1.82) is 0 Å². The molecule has 0 aliphatic carbocycles. The third kappa shape index (κ3) is 2.23. The van der Waals surface area contributed by atoms with Gasteiger partial charge in [0.15, 0.2) is 3.95 Å².